The van der Waals surface area contributed by atoms with Crippen molar-refractivity contribution in [3.8, 4) is 0 Å². The van der Waals surface area contributed by atoms with Crippen LogP contribution >= 0.6 is 0 Å². The number of aliphatic hydroxyl groups excluding tert-OH is 1. The van der Waals surface area contributed by atoms with E-state index in [2.05, 4.69) is 67.7 Å². The van der Waals surface area contributed by atoms with Gasteiger partial charge < -0.3 is 18.7 Å². The fourth-order valence-corrected chi connectivity index (χ4v) is 6.27. The van der Waals surface area contributed by atoms with E-state index in [9.17, 15) is 9.90 Å². The zero-order valence-corrected chi connectivity index (χ0v) is 22.7. The van der Waals surface area contributed by atoms with Crippen LogP contribution in [0.15, 0.2) is 0 Å². The Bertz CT molecular complexity index is 548. The molecule has 0 heterocycles. The highest BCUT2D eigenvalue weighted by Gasteiger charge is 2.51. The Morgan fingerprint density at radius 3 is 1.66 bits per heavy atom. The number of esters is 1. The summed E-state index contributed by atoms with van der Waals surface area (Å²) in [7, 11) is -3.95. The molecule has 172 valence electrons. The molecule has 1 aliphatic rings. The lowest BCUT2D eigenvalue weighted by Crippen LogP contribution is -2.45. The number of carbonyl (C=O) groups excluding carboxylic acids is 1. The normalized spacial score (nSPS) is 26.6. The molecule has 1 N–H and O–H groups in total. The molecular formula is C22H46O5Si2. The summed E-state index contributed by atoms with van der Waals surface area (Å²) in [4.78, 5) is 11.3. The third-order valence-electron chi connectivity index (χ3n) is 7.44. The van der Waals surface area contributed by atoms with Gasteiger partial charge in [0.05, 0.1) is 18.8 Å². The Morgan fingerprint density at radius 2 is 1.31 bits per heavy atom. The Labute approximate surface area is 181 Å². The summed E-state index contributed by atoms with van der Waals surface area (Å²) >= 11 is 0. The van der Waals surface area contributed by atoms with Gasteiger partial charge >= 0.3 is 5.97 Å². The van der Waals surface area contributed by atoms with E-state index in [-0.39, 0.29) is 46.7 Å². The Morgan fingerprint density at radius 1 is 0.897 bits per heavy atom. The number of rotatable bonds is 8. The number of aliphatic hydroxyl groups is 1. The van der Waals surface area contributed by atoms with Crippen LogP contribution in [0.3, 0.4) is 0 Å². The monoisotopic (exact) mass is 446 g/mol. The molecule has 1 saturated carbocycles. The number of carbonyl (C=O) groups is 1. The lowest BCUT2D eigenvalue weighted by molar-refractivity contribution is -0.141. The fraction of sp³-hybridized carbons (Fsp3) is 0.955. The molecule has 29 heavy (non-hydrogen) atoms. The van der Waals surface area contributed by atoms with Crippen molar-refractivity contribution >= 4 is 22.6 Å². The minimum atomic E-state index is -1.97. The van der Waals surface area contributed by atoms with Crippen LogP contribution in [0.4, 0.5) is 0 Å². The van der Waals surface area contributed by atoms with Gasteiger partial charge in [0.15, 0.2) is 16.6 Å². The van der Waals surface area contributed by atoms with Crippen molar-refractivity contribution in [2.75, 3.05) is 13.2 Å². The average molecular weight is 447 g/mol. The first-order valence-electron chi connectivity index (χ1n) is 11.0. The molecular weight excluding hydrogens is 400 g/mol. The topological polar surface area (TPSA) is 65.0 Å². The molecule has 5 nitrogen and oxygen atoms in total. The van der Waals surface area contributed by atoms with Crippen molar-refractivity contribution in [3.63, 3.8) is 0 Å². The van der Waals surface area contributed by atoms with Crippen LogP contribution in [0.2, 0.25) is 36.3 Å². The molecule has 1 fully saturated rings. The average Bonchev–Trinajstić information content (AvgIpc) is 2.79. The van der Waals surface area contributed by atoms with E-state index in [1.54, 1.807) is 0 Å². The van der Waals surface area contributed by atoms with Gasteiger partial charge in [0.25, 0.3) is 0 Å². The van der Waals surface area contributed by atoms with Gasteiger partial charge in [-0.25, -0.2) is 0 Å². The van der Waals surface area contributed by atoms with E-state index in [4.69, 9.17) is 13.6 Å². The van der Waals surface area contributed by atoms with Gasteiger partial charge in [0.1, 0.15) is 0 Å². The van der Waals surface area contributed by atoms with Crippen LogP contribution in [0.1, 0.15) is 61.3 Å². The first-order chi connectivity index (χ1) is 12.9. The Hall–Kier alpha value is -0.216. The maximum absolute atomic E-state index is 11.3. The maximum Gasteiger partial charge on any atom is 0.302 e. The second-order valence-corrected chi connectivity index (χ2v) is 21.2. The highest BCUT2D eigenvalue weighted by Crippen LogP contribution is 2.47. The molecule has 0 saturated heterocycles. The summed E-state index contributed by atoms with van der Waals surface area (Å²) in [6.45, 7) is 24.4. The molecule has 0 amide bonds. The lowest BCUT2D eigenvalue weighted by Gasteiger charge is -2.40. The van der Waals surface area contributed by atoms with E-state index in [1.165, 1.54) is 6.92 Å². The summed E-state index contributed by atoms with van der Waals surface area (Å²) in [5.74, 6) is -0.128. The molecule has 0 bridgehead atoms. The molecule has 0 unspecified atom stereocenters. The third-order valence-corrected chi connectivity index (χ3v) is 16.5. The molecule has 0 aliphatic heterocycles. The van der Waals surface area contributed by atoms with Gasteiger partial charge in [-0.15, -0.1) is 0 Å². The van der Waals surface area contributed by atoms with Crippen molar-refractivity contribution in [2.24, 2.45) is 11.8 Å². The Kier molecular flexibility index (Phi) is 8.79. The largest absolute Gasteiger partial charge is 0.466 e. The standard InChI is InChI=1S/C22H46O5Si2/c1-16(24)25-13-12-17-18(15-23)20(27-29(10,11)22(5,6)7)14-19(17)26-28(8,9)21(2,3)4/h17-20,23H,12-15H2,1-11H3/t17-,18-,19-,20+/m1/s1. The molecule has 0 radical (unpaired) electrons. The summed E-state index contributed by atoms with van der Waals surface area (Å²) in [6, 6.07) is 0. The first kappa shape index (κ1) is 26.8. The van der Waals surface area contributed by atoms with Crippen LogP contribution in [0.25, 0.3) is 0 Å². The second-order valence-electron chi connectivity index (χ2n) is 11.7. The summed E-state index contributed by atoms with van der Waals surface area (Å²) in [5.41, 5.74) is 0. The molecule has 0 aromatic rings. The van der Waals surface area contributed by atoms with E-state index < -0.39 is 16.6 Å². The minimum Gasteiger partial charge on any atom is -0.466 e. The van der Waals surface area contributed by atoms with Gasteiger partial charge in [-0.2, -0.15) is 0 Å². The minimum absolute atomic E-state index is 0.00875. The summed E-state index contributed by atoms with van der Waals surface area (Å²) < 4.78 is 18.8. The van der Waals surface area contributed by atoms with Crippen LogP contribution < -0.4 is 0 Å². The van der Waals surface area contributed by atoms with Crippen LogP contribution in [-0.2, 0) is 18.4 Å². The van der Waals surface area contributed by atoms with Crippen molar-refractivity contribution in [1.29, 1.82) is 0 Å². The molecule has 0 aromatic carbocycles. The first-order valence-corrected chi connectivity index (χ1v) is 16.8. The number of ether oxygens (including phenoxy) is 1. The predicted molar refractivity (Wildman–Crippen MR) is 124 cm³/mol. The SMILES string of the molecule is CC(=O)OCC[C@@H]1[C@@H](CO)[C@@H](O[Si](C)(C)C(C)(C)C)C[C@H]1O[Si](C)(C)C(C)(C)C. The zero-order valence-electron chi connectivity index (χ0n) is 20.7. The van der Waals surface area contributed by atoms with Gasteiger partial charge in [-0.1, -0.05) is 41.5 Å². The Balaban J connectivity index is 3.11. The molecule has 7 heteroatoms. The van der Waals surface area contributed by atoms with Crippen molar-refractivity contribution in [3.05, 3.63) is 0 Å². The number of hydrogen-bond donors (Lipinski definition) is 1. The molecule has 4 atom stereocenters. The van der Waals surface area contributed by atoms with Crippen LogP contribution in [0.5, 0.6) is 0 Å². The van der Waals surface area contributed by atoms with E-state index in [0.717, 1.165) is 6.42 Å². The second kappa shape index (κ2) is 9.51. The van der Waals surface area contributed by atoms with Gasteiger partial charge in [0.2, 0.25) is 0 Å². The predicted octanol–water partition coefficient (Wildman–Crippen LogP) is 5.35. The molecule has 1 aliphatic carbocycles. The highest BCUT2D eigenvalue weighted by atomic mass is 28.4. The fourth-order valence-electron chi connectivity index (χ4n) is 3.50. The molecule has 0 spiro atoms. The highest BCUT2D eigenvalue weighted by molar-refractivity contribution is 6.74. The van der Waals surface area contributed by atoms with Gasteiger partial charge in [-0.05, 0) is 55.0 Å². The zero-order chi connectivity index (χ0) is 22.8. The molecule has 0 aromatic heterocycles. The van der Waals surface area contributed by atoms with E-state index >= 15 is 0 Å². The van der Waals surface area contributed by atoms with Crippen molar-refractivity contribution < 1.29 is 23.5 Å². The molecule has 1 rings (SSSR count). The van der Waals surface area contributed by atoms with Crippen molar-refractivity contribution in [2.45, 2.75) is 110 Å². The van der Waals surface area contributed by atoms with E-state index in [1.807, 2.05) is 0 Å². The maximum atomic E-state index is 11.3. The smallest absolute Gasteiger partial charge is 0.302 e. The van der Waals surface area contributed by atoms with Crippen LogP contribution in [0, 0.1) is 11.8 Å². The number of hydrogen-bond acceptors (Lipinski definition) is 5. The van der Waals surface area contributed by atoms with Crippen molar-refractivity contribution in [1.82, 2.24) is 0 Å². The quantitative estimate of drug-likeness (QED) is 0.402. The van der Waals surface area contributed by atoms with E-state index in [0.29, 0.717) is 13.0 Å². The summed E-state index contributed by atoms with van der Waals surface area (Å²) in [5, 5.41) is 10.5. The van der Waals surface area contributed by atoms with Crippen LogP contribution in [-0.4, -0.2) is 53.1 Å². The summed E-state index contributed by atoms with van der Waals surface area (Å²) in [6.07, 6.45) is 1.51. The third kappa shape index (κ3) is 6.89. The lowest BCUT2D eigenvalue weighted by atomic mass is 9.92. The van der Waals surface area contributed by atoms with Gasteiger partial charge in [0, 0.05) is 19.4 Å². The van der Waals surface area contributed by atoms with Gasteiger partial charge in [-0.3, -0.25) is 4.79 Å².